The number of nitrogen functional groups attached to an aromatic ring is 1. The third kappa shape index (κ3) is 5.21. The zero-order chi connectivity index (χ0) is 27.8. The Kier molecular flexibility index (Phi) is 7.16. The Morgan fingerprint density at radius 3 is 2.46 bits per heavy atom. The van der Waals surface area contributed by atoms with Gasteiger partial charge in [-0.25, -0.2) is 14.6 Å². The van der Waals surface area contributed by atoms with Crippen LogP contribution in [0.15, 0.2) is 60.9 Å². The van der Waals surface area contributed by atoms with Crippen LogP contribution in [0.3, 0.4) is 0 Å². The van der Waals surface area contributed by atoms with Crippen LogP contribution in [0, 0.1) is 0 Å². The molecular weight excluding hydrogens is 512 g/mol. The standard InChI is InChI=1S/C32H38N8O/c33-31-29-30(23-6-11-28-24(19-23)20-25(36-28)18-22-4-2-1-3-5-22)37-40(32(29)35-21-34-31)27-9-7-26(8-10-27)39-14-12-38(13-15-39)16-17-41/h1-6,11,19-21,26-27,36,41H,7-10,12-18H2,(H2,33,34,35)/t26-,27-. The Morgan fingerprint density at radius 2 is 1.68 bits per heavy atom. The molecule has 9 nitrogen and oxygen atoms in total. The number of nitrogens with two attached hydrogens (primary N) is 1. The van der Waals surface area contributed by atoms with E-state index >= 15 is 0 Å². The van der Waals surface area contributed by atoms with Crippen LogP contribution in [-0.2, 0) is 6.42 Å². The van der Waals surface area contributed by atoms with Crippen LogP contribution >= 0.6 is 0 Å². The van der Waals surface area contributed by atoms with E-state index in [9.17, 15) is 5.11 Å². The number of piperazine rings is 1. The SMILES string of the molecule is Nc1ncnc2c1c(-c1ccc3[nH]c(Cc4ccccc4)cc3c1)nn2[C@H]1CC[C@H](N2CCN(CCO)CC2)CC1. The maximum absolute atomic E-state index is 9.25. The maximum Gasteiger partial charge on any atom is 0.164 e. The molecule has 1 saturated heterocycles. The van der Waals surface area contributed by atoms with E-state index in [0.717, 1.165) is 98.0 Å². The maximum atomic E-state index is 9.25. The number of aliphatic hydroxyl groups excluding tert-OH is 1. The molecule has 7 rings (SSSR count). The zero-order valence-electron chi connectivity index (χ0n) is 23.4. The molecular formula is C32H38N8O. The summed E-state index contributed by atoms with van der Waals surface area (Å²) in [7, 11) is 0. The van der Waals surface area contributed by atoms with E-state index in [1.54, 1.807) is 6.33 Å². The van der Waals surface area contributed by atoms with Gasteiger partial charge in [-0.05, 0) is 49.4 Å². The summed E-state index contributed by atoms with van der Waals surface area (Å²) in [5, 5.41) is 16.4. The van der Waals surface area contributed by atoms with Crippen molar-refractivity contribution in [2.45, 2.75) is 44.2 Å². The first-order valence-electron chi connectivity index (χ1n) is 14.9. The number of H-pyrrole nitrogens is 1. The number of benzene rings is 2. The largest absolute Gasteiger partial charge is 0.395 e. The molecule has 41 heavy (non-hydrogen) atoms. The molecule has 2 aliphatic rings. The van der Waals surface area contributed by atoms with E-state index in [0.29, 0.717) is 17.9 Å². The number of β-amino-alcohol motifs (C(OH)–C–C–N with tert-alkyl or cyclic N) is 1. The van der Waals surface area contributed by atoms with Gasteiger partial charge >= 0.3 is 0 Å². The topological polar surface area (TPSA) is 112 Å². The lowest BCUT2D eigenvalue weighted by Gasteiger charge is -2.41. The second kappa shape index (κ2) is 11.2. The van der Waals surface area contributed by atoms with Gasteiger partial charge in [-0.2, -0.15) is 5.10 Å². The molecule has 212 valence electrons. The highest BCUT2D eigenvalue weighted by Crippen LogP contribution is 2.37. The number of aromatic nitrogens is 5. The van der Waals surface area contributed by atoms with Gasteiger partial charge in [0.15, 0.2) is 5.65 Å². The van der Waals surface area contributed by atoms with Gasteiger partial charge in [0.05, 0.1) is 18.0 Å². The fourth-order valence-corrected chi connectivity index (χ4v) is 6.86. The lowest BCUT2D eigenvalue weighted by atomic mass is 9.90. The monoisotopic (exact) mass is 550 g/mol. The first-order chi connectivity index (χ1) is 20.2. The first-order valence-corrected chi connectivity index (χ1v) is 14.9. The summed E-state index contributed by atoms with van der Waals surface area (Å²) in [6.07, 6.45) is 6.87. The van der Waals surface area contributed by atoms with Crippen molar-refractivity contribution < 1.29 is 5.11 Å². The third-order valence-electron chi connectivity index (χ3n) is 9.06. The molecule has 0 unspecified atom stereocenters. The predicted molar refractivity (Wildman–Crippen MR) is 163 cm³/mol. The van der Waals surface area contributed by atoms with Gasteiger partial charge in [0, 0.05) is 67.3 Å². The first kappa shape index (κ1) is 26.1. The molecule has 1 aliphatic carbocycles. The lowest BCUT2D eigenvalue weighted by Crippen LogP contribution is -2.51. The van der Waals surface area contributed by atoms with Crippen LogP contribution in [0.25, 0.3) is 33.2 Å². The van der Waals surface area contributed by atoms with Crippen molar-refractivity contribution >= 4 is 27.8 Å². The number of fused-ring (bicyclic) bond motifs is 2. The van der Waals surface area contributed by atoms with Crippen molar-refractivity contribution in [2.24, 2.45) is 0 Å². The van der Waals surface area contributed by atoms with E-state index in [4.69, 9.17) is 10.8 Å². The normalized spacial score (nSPS) is 20.7. The highest BCUT2D eigenvalue weighted by molar-refractivity contribution is 6.00. The Morgan fingerprint density at radius 1 is 0.902 bits per heavy atom. The highest BCUT2D eigenvalue weighted by Gasteiger charge is 2.31. The van der Waals surface area contributed by atoms with Gasteiger partial charge in [0.2, 0.25) is 0 Å². The highest BCUT2D eigenvalue weighted by atomic mass is 16.3. The smallest absolute Gasteiger partial charge is 0.164 e. The number of hydrogen-bond donors (Lipinski definition) is 3. The molecule has 5 aromatic rings. The molecule has 0 radical (unpaired) electrons. The molecule has 0 atom stereocenters. The van der Waals surface area contributed by atoms with Crippen molar-refractivity contribution in [2.75, 3.05) is 45.1 Å². The van der Waals surface area contributed by atoms with Crippen molar-refractivity contribution in [3.63, 3.8) is 0 Å². The van der Waals surface area contributed by atoms with Gasteiger partial charge in [0.1, 0.15) is 17.8 Å². The van der Waals surface area contributed by atoms with Crippen LogP contribution in [0.1, 0.15) is 43.0 Å². The van der Waals surface area contributed by atoms with Crippen molar-refractivity contribution in [1.82, 2.24) is 34.5 Å². The quantitative estimate of drug-likeness (QED) is 0.278. The average Bonchev–Trinajstić information content (AvgIpc) is 3.60. The summed E-state index contributed by atoms with van der Waals surface area (Å²) in [4.78, 5) is 17.6. The summed E-state index contributed by atoms with van der Waals surface area (Å²) in [5.74, 6) is 0.476. The molecule has 4 N–H and O–H groups in total. The minimum atomic E-state index is 0.243. The van der Waals surface area contributed by atoms with Gasteiger partial charge in [0.25, 0.3) is 0 Å². The van der Waals surface area contributed by atoms with Gasteiger partial charge in [-0.1, -0.05) is 36.4 Å². The molecule has 2 aromatic carbocycles. The van der Waals surface area contributed by atoms with E-state index in [-0.39, 0.29) is 6.61 Å². The van der Waals surface area contributed by atoms with E-state index in [1.165, 1.54) is 11.3 Å². The van der Waals surface area contributed by atoms with Crippen molar-refractivity contribution in [3.8, 4) is 11.3 Å². The van der Waals surface area contributed by atoms with Crippen LogP contribution in [0.4, 0.5) is 5.82 Å². The molecule has 9 heteroatoms. The molecule has 3 aromatic heterocycles. The fourth-order valence-electron chi connectivity index (χ4n) is 6.86. The summed E-state index contributed by atoms with van der Waals surface area (Å²) in [6.45, 7) is 5.29. The Hall–Kier alpha value is -3.79. The van der Waals surface area contributed by atoms with Gasteiger partial charge < -0.3 is 15.8 Å². The molecule has 1 aliphatic heterocycles. The van der Waals surface area contributed by atoms with Gasteiger partial charge in [-0.15, -0.1) is 0 Å². The summed E-state index contributed by atoms with van der Waals surface area (Å²) in [6, 6.07) is 20.1. The Bertz CT molecular complexity index is 1630. The number of hydrogen-bond acceptors (Lipinski definition) is 7. The number of nitrogens with zero attached hydrogens (tertiary/aromatic N) is 6. The molecule has 2 fully saturated rings. The third-order valence-corrected chi connectivity index (χ3v) is 9.06. The molecule has 4 heterocycles. The minimum absolute atomic E-state index is 0.243. The van der Waals surface area contributed by atoms with Gasteiger partial charge in [-0.3, -0.25) is 9.80 Å². The summed E-state index contributed by atoms with van der Waals surface area (Å²) >= 11 is 0. The number of rotatable bonds is 7. The van der Waals surface area contributed by atoms with E-state index < -0.39 is 0 Å². The lowest BCUT2D eigenvalue weighted by molar-refractivity contribution is 0.0629. The molecule has 0 bridgehead atoms. The fraction of sp³-hybridized carbons (Fsp3) is 0.406. The van der Waals surface area contributed by atoms with Crippen LogP contribution < -0.4 is 5.73 Å². The Balaban J connectivity index is 1.13. The Labute approximate surface area is 240 Å². The molecule has 1 saturated carbocycles. The van der Waals surface area contributed by atoms with Crippen molar-refractivity contribution in [3.05, 3.63) is 72.2 Å². The van der Waals surface area contributed by atoms with E-state index in [2.05, 4.69) is 78.0 Å². The minimum Gasteiger partial charge on any atom is -0.395 e. The zero-order valence-corrected chi connectivity index (χ0v) is 23.4. The second-order valence-corrected chi connectivity index (χ2v) is 11.6. The summed E-state index contributed by atoms with van der Waals surface area (Å²) in [5.41, 5.74) is 12.8. The van der Waals surface area contributed by atoms with Crippen LogP contribution in [0.2, 0.25) is 0 Å². The van der Waals surface area contributed by atoms with Crippen LogP contribution in [0.5, 0.6) is 0 Å². The number of aliphatic hydroxyl groups is 1. The molecule has 0 amide bonds. The predicted octanol–water partition coefficient (Wildman–Crippen LogP) is 4.24. The number of anilines is 1. The van der Waals surface area contributed by atoms with E-state index in [1.807, 2.05) is 6.07 Å². The second-order valence-electron chi connectivity index (χ2n) is 11.6. The number of aromatic amines is 1. The van der Waals surface area contributed by atoms with Crippen molar-refractivity contribution in [1.29, 1.82) is 0 Å². The molecule has 0 spiro atoms. The van der Waals surface area contributed by atoms with Crippen LogP contribution in [-0.4, -0.2) is 85.0 Å². The number of nitrogens with one attached hydrogen (secondary N) is 1. The summed E-state index contributed by atoms with van der Waals surface area (Å²) < 4.78 is 2.13. The average molecular weight is 551 g/mol.